The van der Waals surface area contributed by atoms with E-state index in [0.29, 0.717) is 0 Å². The topological polar surface area (TPSA) is 0 Å². The summed E-state index contributed by atoms with van der Waals surface area (Å²) < 4.78 is 48.8. The Morgan fingerprint density at radius 2 is 1.62 bits per heavy atom. The van der Waals surface area contributed by atoms with Crippen LogP contribution in [0.2, 0.25) is 0 Å². The minimum atomic E-state index is -2.60. The van der Waals surface area contributed by atoms with E-state index in [2.05, 4.69) is 15.9 Å². The molecule has 0 amide bonds. The molecular formula is C8H5BrF4. The normalized spacial score (nSPS) is 10.9. The number of benzene rings is 1. The summed E-state index contributed by atoms with van der Waals surface area (Å²) in [6, 6.07) is 1.78. The summed E-state index contributed by atoms with van der Waals surface area (Å²) in [5.74, 6) is -1.73. The van der Waals surface area contributed by atoms with Gasteiger partial charge < -0.3 is 0 Å². The Hall–Kier alpha value is -0.580. The van der Waals surface area contributed by atoms with Gasteiger partial charge in [-0.05, 0) is 33.6 Å². The highest BCUT2D eigenvalue weighted by atomic mass is 79.9. The molecule has 0 aromatic heterocycles. The minimum absolute atomic E-state index is 0.0480. The number of halogens is 5. The second-order valence-electron chi connectivity index (χ2n) is 2.47. The lowest BCUT2D eigenvalue weighted by molar-refractivity contribution is 0.149. The lowest BCUT2D eigenvalue weighted by atomic mass is 10.1. The third-order valence-corrected chi connectivity index (χ3v) is 2.19. The van der Waals surface area contributed by atoms with E-state index in [1.807, 2.05) is 0 Å². The van der Waals surface area contributed by atoms with Gasteiger partial charge in [-0.3, -0.25) is 0 Å². The fourth-order valence-corrected chi connectivity index (χ4v) is 1.13. The zero-order valence-electron chi connectivity index (χ0n) is 6.33. The Kier molecular flexibility index (Phi) is 3.30. The highest BCUT2D eigenvalue weighted by Crippen LogP contribution is 2.22. The lowest BCUT2D eigenvalue weighted by Crippen LogP contribution is -1.98. The van der Waals surface area contributed by atoms with Crippen LogP contribution in [0.25, 0.3) is 0 Å². The molecular weight excluding hydrogens is 252 g/mol. The SMILES string of the molecule is Fc1cc(CC(F)F)cc(F)c1Br. The summed E-state index contributed by atoms with van der Waals surface area (Å²) in [4.78, 5) is 0. The molecule has 0 saturated carbocycles. The van der Waals surface area contributed by atoms with Crippen molar-refractivity contribution in [2.24, 2.45) is 0 Å². The van der Waals surface area contributed by atoms with Gasteiger partial charge >= 0.3 is 0 Å². The van der Waals surface area contributed by atoms with Gasteiger partial charge in [-0.1, -0.05) is 0 Å². The minimum Gasteiger partial charge on any atom is -0.210 e. The molecule has 1 aromatic rings. The van der Waals surface area contributed by atoms with Gasteiger partial charge in [0.1, 0.15) is 11.6 Å². The van der Waals surface area contributed by atoms with Crippen molar-refractivity contribution in [2.45, 2.75) is 12.8 Å². The molecule has 0 heterocycles. The summed E-state index contributed by atoms with van der Waals surface area (Å²) >= 11 is 2.64. The Labute approximate surface area is 80.7 Å². The Morgan fingerprint density at radius 3 is 2.00 bits per heavy atom. The first kappa shape index (κ1) is 10.5. The average molecular weight is 257 g/mol. The molecule has 0 fully saturated rings. The Bertz CT molecular complexity index is 288. The van der Waals surface area contributed by atoms with Gasteiger partial charge in [-0.25, -0.2) is 17.6 Å². The Morgan fingerprint density at radius 1 is 1.15 bits per heavy atom. The van der Waals surface area contributed by atoms with Crippen molar-refractivity contribution in [1.29, 1.82) is 0 Å². The van der Waals surface area contributed by atoms with E-state index in [-0.39, 0.29) is 10.0 Å². The van der Waals surface area contributed by atoms with Crippen LogP contribution in [0.3, 0.4) is 0 Å². The largest absolute Gasteiger partial charge is 0.242 e. The molecule has 0 radical (unpaired) electrons. The van der Waals surface area contributed by atoms with Crippen molar-refractivity contribution in [2.75, 3.05) is 0 Å². The number of hydrogen-bond donors (Lipinski definition) is 0. The monoisotopic (exact) mass is 256 g/mol. The molecule has 1 aromatic carbocycles. The zero-order valence-corrected chi connectivity index (χ0v) is 7.91. The van der Waals surface area contributed by atoms with Gasteiger partial charge in [-0.2, -0.15) is 0 Å². The maximum absolute atomic E-state index is 12.8. The number of alkyl halides is 2. The van der Waals surface area contributed by atoms with Gasteiger partial charge in [0.2, 0.25) is 6.43 Å². The predicted molar refractivity (Wildman–Crippen MR) is 43.8 cm³/mol. The number of hydrogen-bond acceptors (Lipinski definition) is 0. The van der Waals surface area contributed by atoms with Crippen LogP contribution in [0.4, 0.5) is 17.6 Å². The molecule has 0 N–H and O–H groups in total. The molecule has 1 rings (SSSR count). The first-order valence-electron chi connectivity index (χ1n) is 3.42. The van der Waals surface area contributed by atoms with Crippen LogP contribution in [0.15, 0.2) is 16.6 Å². The maximum atomic E-state index is 12.8. The van der Waals surface area contributed by atoms with Gasteiger partial charge in [-0.15, -0.1) is 0 Å². The molecule has 72 valence electrons. The van der Waals surface area contributed by atoms with Crippen molar-refractivity contribution in [1.82, 2.24) is 0 Å². The quantitative estimate of drug-likeness (QED) is 0.561. The van der Waals surface area contributed by atoms with Crippen LogP contribution in [0.1, 0.15) is 5.56 Å². The molecule has 0 nitrogen and oxygen atoms in total. The zero-order chi connectivity index (χ0) is 10.0. The third-order valence-electron chi connectivity index (χ3n) is 1.43. The standard InChI is InChI=1S/C8H5BrF4/c9-8-5(10)1-4(2-6(8)11)3-7(12)13/h1-2,7H,3H2. The van der Waals surface area contributed by atoms with Crippen LogP contribution < -0.4 is 0 Å². The highest BCUT2D eigenvalue weighted by molar-refractivity contribution is 9.10. The third kappa shape index (κ3) is 2.69. The molecule has 0 bridgehead atoms. The van der Waals surface area contributed by atoms with E-state index in [0.717, 1.165) is 12.1 Å². The maximum Gasteiger partial charge on any atom is 0.242 e. The Balaban J connectivity index is 2.99. The molecule has 0 aliphatic rings. The lowest BCUT2D eigenvalue weighted by Gasteiger charge is -2.02. The highest BCUT2D eigenvalue weighted by Gasteiger charge is 2.11. The molecule has 0 saturated heterocycles. The average Bonchev–Trinajstić information content (AvgIpc) is 1.98. The van der Waals surface area contributed by atoms with Crippen molar-refractivity contribution >= 4 is 15.9 Å². The van der Waals surface area contributed by atoms with E-state index in [1.54, 1.807) is 0 Å². The molecule has 0 spiro atoms. The summed E-state index contributed by atoms with van der Waals surface area (Å²) in [6.07, 6.45) is -3.24. The van der Waals surface area contributed by atoms with Gasteiger partial charge in [0, 0.05) is 6.42 Å². The predicted octanol–water partition coefficient (Wildman–Crippen LogP) is 3.53. The van der Waals surface area contributed by atoms with Crippen molar-refractivity contribution in [3.05, 3.63) is 33.8 Å². The first-order valence-corrected chi connectivity index (χ1v) is 4.21. The molecule has 0 aliphatic heterocycles. The summed E-state index contributed by atoms with van der Waals surface area (Å²) in [6.45, 7) is 0. The van der Waals surface area contributed by atoms with Crippen LogP contribution in [-0.2, 0) is 6.42 Å². The fourth-order valence-electron chi connectivity index (χ4n) is 0.904. The molecule has 13 heavy (non-hydrogen) atoms. The van der Waals surface area contributed by atoms with Gasteiger partial charge in [0.05, 0.1) is 4.47 Å². The van der Waals surface area contributed by atoms with Gasteiger partial charge in [0.15, 0.2) is 0 Å². The van der Waals surface area contributed by atoms with Crippen LogP contribution in [0.5, 0.6) is 0 Å². The summed E-state index contributed by atoms with van der Waals surface area (Å²) in [7, 11) is 0. The molecule has 0 atom stereocenters. The molecule has 0 unspecified atom stereocenters. The first-order chi connectivity index (χ1) is 6.00. The van der Waals surface area contributed by atoms with E-state index in [1.165, 1.54) is 0 Å². The van der Waals surface area contributed by atoms with E-state index < -0.39 is 24.5 Å². The van der Waals surface area contributed by atoms with E-state index in [4.69, 9.17) is 0 Å². The fraction of sp³-hybridized carbons (Fsp3) is 0.250. The van der Waals surface area contributed by atoms with E-state index >= 15 is 0 Å². The smallest absolute Gasteiger partial charge is 0.210 e. The number of rotatable bonds is 2. The molecule has 0 aliphatic carbocycles. The van der Waals surface area contributed by atoms with Crippen LogP contribution in [-0.4, -0.2) is 6.43 Å². The van der Waals surface area contributed by atoms with Crippen LogP contribution >= 0.6 is 15.9 Å². The van der Waals surface area contributed by atoms with Crippen molar-refractivity contribution in [3.63, 3.8) is 0 Å². The van der Waals surface area contributed by atoms with Gasteiger partial charge in [0.25, 0.3) is 0 Å². The second kappa shape index (κ2) is 4.09. The van der Waals surface area contributed by atoms with Crippen molar-refractivity contribution < 1.29 is 17.6 Å². The summed E-state index contributed by atoms with van der Waals surface area (Å²) in [5.41, 5.74) is -0.0480. The molecule has 5 heteroatoms. The van der Waals surface area contributed by atoms with E-state index in [9.17, 15) is 17.6 Å². The van der Waals surface area contributed by atoms with Crippen LogP contribution in [0, 0.1) is 11.6 Å². The van der Waals surface area contributed by atoms with Crippen molar-refractivity contribution in [3.8, 4) is 0 Å². The second-order valence-corrected chi connectivity index (χ2v) is 3.26. The summed E-state index contributed by atoms with van der Waals surface area (Å²) in [5, 5.41) is 0.